The Balaban J connectivity index is 1.78. The summed E-state index contributed by atoms with van der Waals surface area (Å²) in [4.78, 5) is 22.8. The number of aryl methyl sites for hydroxylation is 1. The maximum atomic E-state index is 12.4. The van der Waals surface area contributed by atoms with E-state index in [1.54, 1.807) is 17.7 Å². The lowest BCUT2D eigenvalue weighted by molar-refractivity contribution is -0.383. The second-order valence-corrected chi connectivity index (χ2v) is 6.60. The molecule has 3 aromatic rings. The maximum Gasteiger partial charge on any atom is 0.294 e. The smallest absolute Gasteiger partial charge is 0.294 e. The van der Waals surface area contributed by atoms with E-state index in [9.17, 15) is 14.9 Å². The lowest BCUT2D eigenvalue weighted by Gasteiger charge is -2.05. The van der Waals surface area contributed by atoms with Gasteiger partial charge in [0.25, 0.3) is 11.6 Å². The van der Waals surface area contributed by atoms with Crippen molar-refractivity contribution < 1.29 is 14.1 Å². The van der Waals surface area contributed by atoms with Crippen molar-refractivity contribution >= 4 is 40.5 Å². The predicted molar refractivity (Wildman–Crippen MR) is 101 cm³/mol. The first-order valence-electron chi connectivity index (χ1n) is 7.79. The van der Waals surface area contributed by atoms with E-state index < -0.39 is 10.8 Å². The number of nitro benzene ring substituents is 1. The summed E-state index contributed by atoms with van der Waals surface area (Å²) in [5, 5.41) is 18.7. The van der Waals surface area contributed by atoms with E-state index in [2.05, 4.69) is 10.4 Å². The first-order valence-corrected chi connectivity index (χ1v) is 8.55. The van der Waals surface area contributed by atoms with Crippen LogP contribution in [-0.4, -0.2) is 20.6 Å². The van der Waals surface area contributed by atoms with E-state index in [0.717, 1.165) is 11.8 Å². The Morgan fingerprint density at radius 1 is 1.30 bits per heavy atom. The average Bonchev–Trinajstić information content (AvgIpc) is 3.18. The third-order valence-corrected chi connectivity index (χ3v) is 4.67. The van der Waals surface area contributed by atoms with Gasteiger partial charge in [-0.1, -0.05) is 23.2 Å². The number of hydrogen-bond acceptors (Lipinski definition) is 5. The standard InChI is InChI=1S/C17H14Cl2N4O4/c1-9-16(19)10(2)22(21-9)8-12-4-6-15(27-12)17(24)20-13-5-3-11(18)7-14(13)23(25)26/h3-7H,8H2,1-2H3,(H,20,24). The van der Waals surface area contributed by atoms with Gasteiger partial charge in [0.05, 0.1) is 27.9 Å². The third-order valence-electron chi connectivity index (χ3n) is 3.89. The Kier molecular flexibility index (Phi) is 5.20. The fourth-order valence-corrected chi connectivity index (χ4v) is 2.81. The zero-order valence-corrected chi connectivity index (χ0v) is 15.8. The molecule has 10 heteroatoms. The molecule has 1 aromatic carbocycles. The van der Waals surface area contributed by atoms with E-state index in [0.29, 0.717) is 23.0 Å². The molecule has 0 bridgehead atoms. The molecule has 0 saturated heterocycles. The van der Waals surface area contributed by atoms with Gasteiger partial charge in [0, 0.05) is 11.1 Å². The van der Waals surface area contributed by atoms with E-state index in [-0.39, 0.29) is 22.2 Å². The van der Waals surface area contributed by atoms with Crippen molar-refractivity contribution in [3.8, 4) is 0 Å². The van der Waals surface area contributed by atoms with Gasteiger partial charge in [-0.3, -0.25) is 19.6 Å². The van der Waals surface area contributed by atoms with Crippen LogP contribution in [0.3, 0.4) is 0 Å². The zero-order chi connectivity index (χ0) is 19.7. The summed E-state index contributed by atoms with van der Waals surface area (Å²) in [6.07, 6.45) is 0. The number of amides is 1. The normalized spacial score (nSPS) is 10.8. The van der Waals surface area contributed by atoms with Crippen LogP contribution >= 0.6 is 23.2 Å². The molecule has 1 N–H and O–H groups in total. The van der Waals surface area contributed by atoms with Crippen LogP contribution in [0.4, 0.5) is 11.4 Å². The number of carbonyl (C=O) groups is 1. The van der Waals surface area contributed by atoms with Gasteiger partial charge in [-0.05, 0) is 38.1 Å². The fraction of sp³-hybridized carbons (Fsp3) is 0.176. The van der Waals surface area contributed by atoms with Crippen molar-refractivity contribution in [1.82, 2.24) is 9.78 Å². The molecule has 8 nitrogen and oxygen atoms in total. The Bertz CT molecular complexity index is 1040. The van der Waals surface area contributed by atoms with Crippen LogP contribution in [0.1, 0.15) is 27.7 Å². The number of nitrogens with one attached hydrogen (secondary N) is 1. The van der Waals surface area contributed by atoms with E-state index in [4.69, 9.17) is 27.6 Å². The lowest BCUT2D eigenvalue weighted by atomic mass is 10.2. The highest BCUT2D eigenvalue weighted by atomic mass is 35.5. The molecule has 0 aliphatic heterocycles. The number of anilines is 1. The Morgan fingerprint density at radius 3 is 2.67 bits per heavy atom. The third kappa shape index (κ3) is 3.96. The van der Waals surface area contributed by atoms with Crippen molar-refractivity contribution in [2.75, 3.05) is 5.32 Å². The van der Waals surface area contributed by atoms with Crippen molar-refractivity contribution in [3.63, 3.8) is 0 Å². The van der Waals surface area contributed by atoms with Crippen LogP contribution < -0.4 is 5.32 Å². The van der Waals surface area contributed by atoms with Gasteiger partial charge in [-0.15, -0.1) is 0 Å². The van der Waals surface area contributed by atoms with E-state index >= 15 is 0 Å². The highest BCUT2D eigenvalue weighted by molar-refractivity contribution is 6.31. The second kappa shape index (κ2) is 7.42. The molecule has 2 heterocycles. The molecule has 0 fully saturated rings. The highest BCUT2D eigenvalue weighted by Crippen LogP contribution is 2.28. The number of nitro groups is 1. The van der Waals surface area contributed by atoms with Gasteiger partial charge in [0.2, 0.25) is 0 Å². The molecule has 2 aromatic heterocycles. The Morgan fingerprint density at radius 2 is 2.04 bits per heavy atom. The SMILES string of the molecule is Cc1nn(Cc2ccc(C(=O)Nc3ccc(Cl)cc3[N+](=O)[O-])o2)c(C)c1Cl. The van der Waals surface area contributed by atoms with Crippen LogP contribution in [0.2, 0.25) is 10.0 Å². The van der Waals surface area contributed by atoms with Crippen molar-refractivity contribution in [3.05, 3.63) is 73.4 Å². The number of carbonyl (C=O) groups excluding carboxylic acids is 1. The second-order valence-electron chi connectivity index (χ2n) is 5.78. The molecule has 140 valence electrons. The van der Waals surface area contributed by atoms with Crippen molar-refractivity contribution in [1.29, 1.82) is 0 Å². The zero-order valence-electron chi connectivity index (χ0n) is 14.3. The van der Waals surface area contributed by atoms with Gasteiger partial charge in [-0.25, -0.2) is 0 Å². The molecule has 0 atom stereocenters. The molecule has 1 amide bonds. The molecule has 0 saturated carbocycles. The molecular weight excluding hydrogens is 395 g/mol. The number of furan rings is 1. The predicted octanol–water partition coefficient (Wildman–Crippen LogP) is 4.61. The number of rotatable bonds is 5. The Hall–Kier alpha value is -2.84. The highest BCUT2D eigenvalue weighted by Gasteiger charge is 2.19. The minimum atomic E-state index is -0.623. The van der Waals surface area contributed by atoms with E-state index in [1.165, 1.54) is 18.2 Å². The van der Waals surface area contributed by atoms with Gasteiger partial charge in [-0.2, -0.15) is 5.10 Å². The molecule has 3 rings (SSSR count). The number of hydrogen-bond donors (Lipinski definition) is 1. The lowest BCUT2D eigenvalue weighted by Crippen LogP contribution is -2.12. The number of aromatic nitrogens is 2. The Labute approximate surface area is 163 Å². The quantitative estimate of drug-likeness (QED) is 0.490. The largest absolute Gasteiger partial charge is 0.454 e. The van der Waals surface area contributed by atoms with Crippen LogP contribution in [0, 0.1) is 24.0 Å². The summed E-state index contributed by atoms with van der Waals surface area (Å²) in [5.74, 6) is -0.104. The molecule has 0 aliphatic carbocycles. The number of nitrogens with zero attached hydrogens (tertiary/aromatic N) is 3. The summed E-state index contributed by atoms with van der Waals surface area (Å²) < 4.78 is 7.21. The van der Waals surface area contributed by atoms with Gasteiger partial charge in [0.1, 0.15) is 11.4 Å². The van der Waals surface area contributed by atoms with Crippen LogP contribution in [-0.2, 0) is 6.54 Å². The molecule has 27 heavy (non-hydrogen) atoms. The molecule has 0 spiro atoms. The summed E-state index contributed by atoms with van der Waals surface area (Å²) in [6, 6.07) is 7.09. The first-order chi connectivity index (χ1) is 12.8. The van der Waals surface area contributed by atoms with Crippen molar-refractivity contribution in [2.24, 2.45) is 0 Å². The fourth-order valence-electron chi connectivity index (χ4n) is 2.51. The van der Waals surface area contributed by atoms with Gasteiger partial charge < -0.3 is 9.73 Å². The maximum absolute atomic E-state index is 12.4. The van der Waals surface area contributed by atoms with E-state index in [1.807, 2.05) is 6.92 Å². The summed E-state index contributed by atoms with van der Waals surface area (Å²) in [5.41, 5.74) is 1.21. The first kappa shape index (κ1) is 18.9. The molecular formula is C17H14Cl2N4O4. The number of benzene rings is 1. The average molecular weight is 409 g/mol. The van der Waals surface area contributed by atoms with Gasteiger partial charge in [0.15, 0.2) is 5.76 Å². The summed E-state index contributed by atoms with van der Waals surface area (Å²) >= 11 is 11.9. The summed E-state index contributed by atoms with van der Waals surface area (Å²) in [6.45, 7) is 3.93. The van der Waals surface area contributed by atoms with Crippen molar-refractivity contribution in [2.45, 2.75) is 20.4 Å². The van der Waals surface area contributed by atoms with Crippen LogP contribution in [0.25, 0.3) is 0 Å². The molecule has 0 unspecified atom stereocenters. The van der Waals surface area contributed by atoms with Crippen LogP contribution in [0.5, 0.6) is 0 Å². The van der Waals surface area contributed by atoms with Crippen LogP contribution in [0.15, 0.2) is 34.7 Å². The molecule has 0 aliphatic rings. The minimum absolute atomic E-state index is 0.0156. The topological polar surface area (TPSA) is 103 Å². The monoisotopic (exact) mass is 408 g/mol. The number of halogens is 2. The van der Waals surface area contributed by atoms with Gasteiger partial charge >= 0.3 is 0 Å². The summed E-state index contributed by atoms with van der Waals surface area (Å²) in [7, 11) is 0. The minimum Gasteiger partial charge on any atom is -0.454 e. The molecule has 0 radical (unpaired) electrons.